The summed E-state index contributed by atoms with van der Waals surface area (Å²) in [7, 11) is 1.00. The molecule has 1 aromatic carbocycles. The molecule has 0 aromatic heterocycles. The van der Waals surface area contributed by atoms with Crippen LogP contribution < -0.4 is 0 Å². The highest BCUT2D eigenvalue weighted by Crippen LogP contribution is 2.14. The lowest BCUT2D eigenvalue weighted by Crippen LogP contribution is -1.80. The molecule has 4 heteroatoms. The molecule has 1 aromatic rings. The highest BCUT2D eigenvalue weighted by atomic mass is 19.1. The predicted molar refractivity (Wildman–Crippen MR) is 41.6 cm³/mol. The van der Waals surface area contributed by atoms with E-state index in [2.05, 4.69) is 0 Å². The third-order valence-electron chi connectivity index (χ3n) is 1.11. The minimum absolute atomic E-state index is 0.263. The van der Waals surface area contributed by atoms with Crippen LogP contribution in [-0.4, -0.2) is 23.6 Å². The summed E-state index contributed by atoms with van der Waals surface area (Å²) in [6.45, 7) is 0. The summed E-state index contributed by atoms with van der Waals surface area (Å²) in [6.07, 6.45) is 0.541. The van der Waals surface area contributed by atoms with Crippen molar-refractivity contribution in [2.75, 3.05) is 7.11 Å². The lowest BCUT2D eigenvalue weighted by molar-refractivity contribution is 0.112. The van der Waals surface area contributed by atoms with Gasteiger partial charge in [0.15, 0.2) is 11.6 Å². The Morgan fingerprint density at radius 1 is 1.42 bits per heavy atom. The third-order valence-corrected chi connectivity index (χ3v) is 1.11. The van der Waals surface area contributed by atoms with Crippen molar-refractivity contribution in [2.24, 2.45) is 0 Å². The van der Waals surface area contributed by atoms with Gasteiger partial charge in [-0.15, -0.1) is 0 Å². The zero-order valence-corrected chi connectivity index (χ0v) is 6.49. The Hall–Kier alpha value is -1.42. The van der Waals surface area contributed by atoms with Crippen molar-refractivity contribution in [3.05, 3.63) is 29.6 Å². The van der Waals surface area contributed by atoms with Crippen LogP contribution in [-0.2, 0) is 0 Å². The number of aldehydes is 1. The van der Waals surface area contributed by atoms with Gasteiger partial charge in [0.2, 0.25) is 0 Å². The molecule has 66 valence electrons. The molecule has 0 saturated carbocycles. The maximum atomic E-state index is 12.3. The highest BCUT2D eigenvalue weighted by Gasteiger charge is 1.98. The van der Waals surface area contributed by atoms with Gasteiger partial charge < -0.3 is 10.2 Å². The Morgan fingerprint density at radius 2 is 2.00 bits per heavy atom. The van der Waals surface area contributed by atoms with Crippen molar-refractivity contribution in [3.8, 4) is 5.75 Å². The molecule has 0 aliphatic rings. The maximum absolute atomic E-state index is 12.3. The molecule has 0 saturated heterocycles. The molecule has 12 heavy (non-hydrogen) atoms. The molecule has 0 heterocycles. The van der Waals surface area contributed by atoms with Gasteiger partial charge in [-0.3, -0.25) is 4.79 Å². The number of aliphatic hydroxyl groups excluding tert-OH is 1. The van der Waals surface area contributed by atoms with Crippen LogP contribution in [0.25, 0.3) is 0 Å². The quantitative estimate of drug-likeness (QED) is 0.620. The summed E-state index contributed by atoms with van der Waals surface area (Å²) in [5.74, 6) is -1.21. The van der Waals surface area contributed by atoms with Crippen molar-refractivity contribution in [1.82, 2.24) is 0 Å². The number of benzene rings is 1. The van der Waals surface area contributed by atoms with Gasteiger partial charge in [0.25, 0.3) is 0 Å². The lowest BCUT2D eigenvalue weighted by atomic mass is 10.2. The minimum Gasteiger partial charge on any atom is -0.505 e. The first-order chi connectivity index (χ1) is 5.74. The van der Waals surface area contributed by atoms with E-state index in [1.807, 2.05) is 0 Å². The number of halogens is 1. The normalized spacial score (nSPS) is 8.25. The Bertz CT molecular complexity index is 260. The van der Waals surface area contributed by atoms with Crippen LogP contribution in [0.4, 0.5) is 4.39 Å². The Balaban J connectivity index is 0.000000561. The number of aromatic hydroxyl groups is 1. The van der Waals surface area contributed by atoms with Crippen molar-refractivity contribution in [1.29, 1.82) is 0 Å². The molecule has 0 fully saturated rings. The lowest BCUT2D eigenvalue weighted by Gasteiger charge is -1.93. The Kier molecular flexibility index (Phi) is 4.64. The predicted octanol–water partition coefficient (Wildman–Crippen LogP) is 0.952. The van der Waals surface area contributed by atoms with Gasteiger partial charge in [-0.2, -0.15) is 0 Å². The first-order valence-electron chi connectivity index (χ1n) is 3.12. The van der Waals surface area contributed by atoms with Crippen molar-refractivity contribution >= 4 is 6.29 Å². The summed E-state index contributed by atoms with van der Waals surface area (Å²) in [6, 6.07) is 3.41. The summed E-state index contributed by atoms with van der Waals surface area (Å²) < 4.78 is 12.3. The van der Waals surface area contributed by atoms with Crippen molar-refractivity contribution in [3.63, 3.8) is 0 Å². The molecule has 0 atom stereocenters. The fourth-order valence-corrected chi connectivity index (χ4v) is 0.603. The fraction of sp³-hybridized carbons (Fsp3) is 0.125. The monoisotopic (exact) mass is 172 g/mol. The van der Waals surface area contributed by atoms with Gasteiger partial charge in [-0.05, 0) is 18.2 Å². The van der Waals surface area contributed by atoms with Crippen molar-refractivity contribution in [2.45, 2.75) is 0 Å². The highest BCUT2D eigenvalue weighted by molar-refractivity contribution is 5.75. The molecule has 3 nitrogen and oxygen atoms in total. The number of rotatable bonds is 1. The average molecular weight is 172 g/mol. The molecule has 0 aliphatic carbocycles. The second-order valence-corrected chi connectivity index (χ2v) is 1.83. The molecule has 0 aliphatic heterocycles. The van der Waals surface area contributed by atoms with Gasteiger partial charge in [0.1, 0.15) is 6.29 Å². The molecule has 0 bridgehead atoms. The maximum Gasteiger partial charge on any atom is 0.164 e. The van der Waals surface area contributed by atoms with Crippen LogP contribution in [0.5, 0.6) is 5.75 Å². The van der Waals surface area contributed by atoms with Crippen LogP contribution >= 0.6 is 0 Å². The summed E-state index contributed by atoms with van der Waals surface area (Å²) in [4.78, 5) is 10.0. The number of phenolic OH excluding ortho intramolecular Hbond substituents is 1. The third kappa shape index (κ3) is 2.67. The van der Waals surface area contributed by atoms with Gasteiger partial charge in [-0.1, -0.05) is 0 Å². The minimum atomic E-state index is -0.717. The van der Waals surface area contributed by atoms with Gasteiger partial charge in [0.05, 0.1) is 0 Å². The standard InChI is InChI=1S/C7H5FO2.CH4O/c8-6-2-1-5(4-9)3-7(6)10;1-2/h1-4,10H;2H,1H3. The second-order valence-electron chi connectivity index (χ2n) is 1.83. The molecule has 1 rings (SSSR count). The summed E-state index contributed by atoms with van der Waals surface area (Å²) >= 11 is 0. The first-order valence-corrected chi connectivity index (χ1v) is 3.12. The van der Waals surface area contributed by atoms with Crippen molar-refractivity contribution < 1.29 is 19.4 Å². The van der Waals surface area contributed by atoms with Crippen LogP contribution in [0, 0.1) is 5.82 Å². The molecule has 0 radical (unpaired) electrons. The number of carbonyl (C=O) groups is 1. The molecule has 2 N–H and O–H groups in total. The van der Waals surface area contributed by atoms with Crippen LogP contribution in [0.2, 0.25) is 0 Å². The van der Waals surface area contributed by atoms with E-state index in [4.69, 9.17) is 10.2 Å². The largest absolute Gasteiger partial charge is 0.505 e. The fourth-order valence-electron chi connectivity index (χ4n) is 0.603. The summed E-state index contributed by atoms with van der Waals surface area (Å²) in [5.41, 5.74) is 0.263. The van der Waals surface area contributed by atoms with E-state index in [0.29, 0.717) is 6.29 Å². The van der Waals surface area contributed by atoms with E-state index >= 15 is 0 Å². The smallest absolute Gasteiger partial charge is 0.164 e. The number of hydrogen-bond acceptors (Lipinski definition) is 3. The molecule has 0 amide bonds. The first kappa shape index (κ1) is 10.6. The Morgan fingerprint density at radius 3 is 2.42 bits per heavy atom. The number of aliphatic hydroxyl groups is 1. The number of phenols is 1. The van der Waals surface area contributed by atoms with Crippen LogP contribution in [0.3, 0.4) is 0 Å². The second kappa shape index (κ2) is 5.26. The van der Waals surface area contributed by atoms with E-state index in [-0.39, 0.29) is 5.56 Å². The van der Waals surface area contributed by atoms with E-state index < -0.39 is 11.6 Å². The van der Waals surface area contributed by atoms with Gasteiger partial charge >= 0.3 is 0 Å². The van der Waals surface area contributed by atoms with E-state index in [1.165, 1.54) is 6.07 Å². The Labute approximate surface area is 69.1 Å². The van der Waals surface area contributed by atoms with E-state index in [1.54, 1.807) is 0 Å². The van der Waals surface area contributed by atoms with E-state index in [0.717, 1.165) is 19.2 Å². The molecule has 0 unspecified atom stereocenters. The number of hydrogen-bond donors (Lipinski definition) is 2. The molecular weight excluding hydrogens is 163 g/mol. The van der Waals surface area contributed by atoms with Crippen LogP contribution in [0.15, 0.2) is 18.2 Å². The zero-order chi connectivity index (χ0) is 9.56. The number of carbonyl (C=O) groups excluding carboxylic acids is 1. The zero-order valence-electron chi connectivity index (χ0n) is 6.49. The van der Waals surface area contributed by atoms with E-state index in [9.17, 15) is 9.18 Å². The topological polar surface area (TPSA) is 57.5 Å². The van der Waals surface area contributed by atoms with Gasteiger partial charge in [0, 0.05) is 12.7 Å². The van der Waals surface area contributed by atoms with Crippen LogP contribution in [0.1, 0.15) is 10.4 Å². The van der Waals surface area contributed by atoms with Gasteiger partial charge in [-0.25, -0.2) is 4.39 Å². The summed E-state index contributed by atoms with van der Waals surface area (Å²) in [5, 5.41) is 15.7. The SMILES string of the molecule is CO.O=Cc1ccc(F)c(O)c1. The molecular formula is C8H9FO3. The molecule has 0 spiro atoms. The average Bonchev–Trinajstić information content (AvgIpc) is 2.13.